The van der Waals surface area contributed by atoms with E-state index in [0.717, 1.165) is 26.4 Å². The lowest BCUT2D eigenvalue weighted by Gasteiger charge is -2.17. The third-order valence-electron chi connectivity index (χ3n) is 4.14. The number of quaternary nitrogens is 1. The predicted octanol–water partition coefficient (Wildman–Crippen LogP) is 2.25. The summed E-state index contributed by atoms with van der Waals surface area (Å²) in [6.45, 7) is 5.03. The molecular formula is C20H25BrN3O3+. The molecular weight excluding hydrogens is 410 g/mol. The lowest BCUT2D eigenvalue weighted by molar-refractivity contribution is -0.881. The van der Waals surface area contributed by atoms with E-state index in [1.807, 2.05) is 32.0 Å². The number of rotatable bonds is 8. The van der Waals surface area contributed by atoms with E-state index >= 15 is 0 Å². The molecule has 0 saturated carbocycles. The SMILES string of the molecule is CC[NH+](CC(=O)Nc1ccc(OC)cc1)CC(=O)Nc1ccc(Br)c(C)c1. The number of hydrogen-bond donors (Lipinski definition) is 3. The van der Waals surface area contributed by atoms with Crippen molar-refractivity contribution in [2.24, 2.45) is 0 Å². The molecule has 2 amide bonds. The number of likely N-dealkylation sites (N-methyl/N-ethyl adjacent to an activating group) is 1. The summed E-state index contributed by atoms with van der Waals surface area (Å²) in [6, 6.07) is 12.8. The van der Waals surface area contributed by atoms with E-state index in [1.165, 1.54) is 0 Å². The van der Waals surface area contributed by atoms with Gasteiger partial charge < -0.3 is 20.3 Å². The maximum absolute atomic E-state index is 12.3. The van der Waals surface area contributed by atoms with Crippen molar-refractivity contribution in [3.63, 3.8) is 0 Å². The Hall–Kier alpha value is -2.38. The number of nitrogens with one attached hydrogen (secondary N) is 3. The van der Waals surface area contributed by atoms with Crippen molar-refractivity contribution in [1.82, 2.24) is 0 Å². The molecule has 0 aliphatic heterocycles. The van der Waals surface area contributed by atoms with Gasteiger partial charge in [-0.2, -0.15) is 0 Å². The fraction of sp³-hybridized carbons (Fsp3) is 0.300. The van der Waals surface area contributed by atoms with E-state index in [4.69, 9.17) is 4.74 Å². The van der Waals surface area contributed by atoms with Crippen LogP contribution >= 0.6 is 15.9 Å². The summed E-state index contributed by atoms with van der Waals surface area (Å²) in [6.07, 6.45) is 0. The van der Waals surface area contributed by atoms with Crippen molar-refractivity contribution < 1.29 is 19.2 Å². The summed E-state index contributed by atoms with van der Waals surface area (Å²) in [4.78, 5) is 25.4. The molecule has 0 aromatic heterocycles. The number of ether oxygens (including phenoxy) is 1. The fourth-order valence-electron chi connectivity index (χ4n) is 2.57. The van der Waals surface area contributed by atoms with Crippen LogP contribution in [-0.4, -0.2) is 38.6 Å². The molecule has 2 aromatic carbocycles. The van der Waals surface area contributed by atoms with E-state index in [2.05, 4.69) is 26.6 Å². The average molecular weight is 435 g/mol. The van der Waals surface area contributed by atoms with Gasteiger partial charge in [0.1, 0.15) is 5.75 Å². The Labute approximate surface area is 168 Å². The van der Waals surface area contributed by atoms with Crippen molar-refractivity contribution >= 4 is 39.1 Å². The van der Waals surface area contributed by atoms with Gasteiger partial charge in [-0.05, 0) is 61.9 Å². The molecule has 1 unspecified atom stereocenters. The molecule has 0 bridgehead atoms. The molecule has 144 valence electrons. The van der Waals surface area contributed by atoms with Gasteiger partial charge in [0.25, 0.3) is 11.8 Å². The van der Waals surface area contributed by atoms with E-state index in [1.54, 1.807) is 31.4 Å². The number of carbonyl (C=O) groups excluding carboxylic acids is 2. The summed E-state index contributed by atoms with van der Waals surface area (Å²) in [5, 5.41) is 5.73. The number of amides is 2. The molecule has 0 spiro atoms. The van der Waals surface area contributed by atoms with E-state index in [9.17, 15) is 9.59 Å². The molecule has 0 saturated heterocycles. The van der Waals surface area contributed by atoms with Gasteiger partial charge in [0.15, 0.2) is 13.1 Å². The monoisotopic (exact) mass is 434 g/mol. The predicted molar refractivity (Wildman–Crippen MR) is 110 cm³/mol. The van der Waals surface area contributed by atoms with Crippen molar-refractivity contribution in [3.05, 3.63) is 52.5 Å². The zero-order valence-corrected chi connectivity index (χ0v) is 17.4. The number of hydrogen-bond acceptors (Lipinski definition) is 3. The first-order valence-electron chi connectivity index (χ1n) is 8.74. The molecule has 6 nitrogen and oxygen atoms in total. The highest BCUT2D eigenvalue weighted by molar-refractivity contribution is 9.10. The number of benzene rings is 2. The quantitative estimate of drug-likeness (QED) is 0.596. The third-order valence-corrected chi connectivity index (χ3v) is 5.03. The summed E-state index contributed by atoms with van der Waals surface area (Å²) < 4.78 is 6.10. The number of halogens is 1. The van der Waals surface area contributed by atoms with Crippen LogP contribution in [0, 0.1) is 6.92 Å². The van der Waals surface area contributed by atoms with Gasteiger partial charge in [0, 0.05) is 15.8 Å². The Morgan fingerprint density at radius 1 is 1.00 bits per heavy atom. The smallest absolute Gasteiger partial charge is 0.279 e. The number of anilines is 2. The summed E-state index contributed by atoms with van der Waals surface area (Å²) in [5.74, 6) is 0.476. The minimum absolute atomic E-state index is 0.120. The van der Waals surface area contributed by atoms with Gasteiger partial charge in [0.05, 0.1) is 13.7 Å². The van der Waals surface area contributed by atoms with Crippen molar-refractivity contribution in [2.45, 2.75) is 13.8 Å². The van der Waals surface area contributed by atoms with Gasteiger partial charge in [-0.3, -0.25) is 9.59 Å². The van der Waals surface area contributed by atoms with Gasteiger partial charge in [-0.1, -0.05) is 15.9 Å². The van der Waals surface area contributed by atoms with Crippen LogP contribution in [0.25, 0.3) is 0 Å². The highest BCUT2D eigenvalue weighted by Crippen LogP contribution is 2.19. The molecule has 2 rings (SSSR count). The molecule has 27 heavy (non-hydrogen) atoms. The summed E-state index contributed by atoms with van der Waals surface area (Å²) in [5.41, 5.74) is 2.50. The molecule has 0 heterocycles. The Balaban J connectivity index is 1.86. The largest absolute Gasteiger partial charge is 0.497 e. The highest BCUT2D eigenvalue weighted by Gasteiger charge is 2.17. The van der Waals surface area contributed by atoms with Crippen molar-refractivity contribution in [2.75, 3.05) is 37.4 Å². The first-order valence-corrected chi connectivity index (χ1v) is 9.54. The molecule has 0 aliphatic rings. The molecule has 3 N–H and O–H groups in total. The van der Waals surface area contributed by atoms with Crippen LogP contribution in [0.5, 0.6) is 5.75 Å². The van der Waals surface area contributed by atoms with Crippen molar-refractivity contribution in [1.29, 1.82) is 0 Å². The standard InChI is InChI=1S/C20H24BrN3O3/c1-4-24(12-19(25)22-15-5-8-17(27-3)9-6-15)13-20(26)23-16-7-10-18(21)14(2)11-16/h5-11H,4,12-13H2,1-3H3,(H,22,25)(H,23,26)/p+1. The van der Waals surface area contributed by atoms with Crippen LogP contribution in [-0.2, 0) is 9.59 Å². The highest BCUT2D eigenvalue weighted by atomic mass is 79.9. The van der Waals surface area contributed by atoms with Gasteiger partial charge in [-0.15, -0.1) is 0 Å². The zero-order chi connectivity index (χ0) is 19.8. The molecule has 7 heteroatoms. The Bertz CT molecular complexity index is 794. The summed E-state index contributed by atoms with van der Waals surface area (Å²) in [7, 11) is 1.59. The van der Waals surface area contributed by atoms with Crippen LogP contribution < -0.4 is 20.3 Å². The topological polar surface area (TPSA) is 71.9 Å². The minimum atomic E-state index is -0.135. The number of methoxy groups -OCH3 is 1. The second-order valence-electron chi connectivity index (χ2n) is 6.25. The molecule has 0 fully saturated rings. The fourth-order valence-corrected chi connectivity index (χ4v) is 2.82. The van der Waals surface area contributed by atoms with Gasteiger partial charge in [0.2, 0.25) is 0 Å². The maximum atomic E-state index is 12.3. The van der Waals surface area contributed by atoms with Crippen LogP contribution in [0.3, 0.4) is 0 Å². The normalized spacial score (nSPS) is 11.6. The molecule has 1 atom stereocenters. The van der Waals surface area contributed by atoms with Crippen LogP contribution in [0.2, 0.25) is 0 Å². The van der Waals surface area contributed by atoms with Crippen LogP contribution in [0.15, 0.2) is 46.9 Å². The van der Waals surface area contributed by atoms with Crippen LogP contribution in [0.4, 0.5) is 11.4 Å². The van der Waals surface area contributed by atoms with E-state index < -0.39 is 0 Å². The second kappa shape index (κ2) is 10.1. The summed E-state index contributed by atoms with van der Waals surface area (Å²) >= 11 is 3.44. The van der Waals surface area contributed by atoms with Gasteiger partial charge in [-0.25, -0.2) is 0 Å². The lowest BCUT2D eigenvalue weighted by atomic mass is 10.2. The molecule has 2 aromatic rings. The second-order valence-corrected chi connectivity index (χ2v) is 7.10. The first kappa shape index (κ1) is 20.9. The molecule has 0 radical (unpaired) electrons. The lowest BCUT2D eigenvalue weighted by Crippen LogP contribution is -3.13. The number of aryl methyl sites for hydroxylation is 1. The van der Waals surface area contributed by atoms with Crippen molar-refractivity contribution in [3.8, 4) is 5.75 Å². The first-order chi connectivity index (χ1) is 12.9. The molecule has 0 aliphatic carbocycles. The minimum Gasteiger partial charge on any atom is -0.497 e. The zero-order valence-electron chi connectivity index (χ0n) is 15.8. The van der Waals surface area contributed by atoms with Gasteiger partial charge >= 0.3 is 0 Å². The third kappa shape index (κ3) is 6.69. The average Bonchev–Trinajstić information content (AvgIpc) is 2.64. The Kier molecular flexibility index (Phi) is 7.82. The number of carbonyl (C=O) groups is 2. The van der Waals surface area contributed by atoms with E-state index in [0.29, 0.717) is 12.2 Å². The van der Waals surface area contributed by atoms with E-state index in [-0.39, 0.29) is 24.9 Å². The Morgan fingerprint density at radius 3 is 2.07 bits per heavy atom. The Morgan fingerprint density at radius 2 is 1.56 bits per heavy atom. The van der Waals surface area contributed by atoms with Crippen LogP contribution in [0.1, 0.15) is 12.5 Å². The maximum Gasteiger partial charge on any atom is 0.279 e.